The van der Waals surface area contributed by atoms with E-state index in [9.17, 15) is 0 Å². The molecule has 21 heavy (non-hydrogen) atoms. The predicted octanol–water partition coefficient (Wildman–Crippen LogP) is 4.56. The third-order valence-corrected chi connectivity index (χ3v) is 4.27. The van der Waals surface area contributed by atoms with Gasteiger partial charge in [-0.1, -0.05) is 12.1 Å². The Bertz CT molecular complexity index is 435. The molecule has 3 nitrogen and oxygen atoms in total. The molecule has 0 aromatic heterocycles. The van der Waals surface area contributed by atoms with E-state index in [1.807, 2.05) is 19.1 Å². The molecule has 1 heterocycles. The summed E-state index contributed by atoms with van der Waals surface area (Å²) in [7, 11) is 0. The Morgan fingerprint density at radius 1 is 1.00 bits per heavy atom. The molecule has 0 atom stereocenters. The number of piperidine rings is 1. The summed E-state index contributed by atoms with van der Waals surface area (Å²) in [4.78, 5) is 6.19. The molecule has 2 rings (SSSR count). The van der Waals surface area contributed by atoms with Crippen LogP contribution in [0.4, 0.5) is 0 Å². The second-order valence-electron chi connectivity index (χ2n) is 7.12. The van der Waals surface area contributed by atoms with Gasteiger partial charge in [0.15, 0.2) is 0 Å². The molecule has 0 unspecified atom stereocenters. The zero-order valence-electron chi connectivity index (χ0n) is 14.1. The van der Waals surface area contributed by atoms with Crippen molar-refractivity contribution in [2.45, 2.75) is 71.6 Å². The van der Waals surface area contributed by atoms with Gasteiger partial charge in [0.05, 0.1) is 13.2 Å². The Morgan fingerprint density at radius 2 is 1.57 bits per heavy atom. The predicted molar refractivity (Wildman–Crippen MR) is 86.2 cm³/mol. The fourth-order valence-electron chi connectivity index (χ4n) is 3.31. The van der Waals surface area contributed by atoms with Crippen molar-refractivity contribution in [3.8, 4) is 5.75 Å². The first-order chi connectivity index (χ1) is 9.85. The van der Waals surface area contributed by atoms with Crippen LogP contribution in [-0.2, 0) is 11.4 Å². The monoisotopic (exact) mass is 291 g/mol. The van der Waals surface area contributed by atoms with Crippen LogP contribution < -0.4 is 4.74 Å². The van der Waals surface area contributed by atoms with Gasteiger partial charge in [-0.15, -0.1) is 0 Å². The lowest BCUT2D eigenvalue weighted by Gasteiger charge is -2.51. The Morgan fingerprint density at radius 3 is 2.10 bits per heavy atom. The van der Waals surface area contributed by atoms with Crippen LogP contribution in [0, 0.1) is 0 Å². The Balaban J connectivity index is 2.00. The minimum Gasteiger partial charge on any atom is -0.494 e. The van der Waals surface area contributed by atoms with Crippen molar-refractivity contribution < 1.29 is 9.57 Å². The van der Waals surface area contributed by atoms with Gasteiger partial charge in [-0.2, -0.15) is 5.06 Å². The van der Waals surface area contributed by atoms with Gasteiger partial charge >= 0.3 is 0 Å². The summed E-state index contributed by atoms with van der Waals surface area (Å²) in [6.07, 6.45) is 3.63. The molecule has 1 aliphatic heterocycles. The van der Waals surface area contributed by atoms with Crippen LogP contribution in [0.5, 0.6) is 5.75 Å². The molecule has 0 N–H and O–H groups in total. The summed E-state index contributed by atoms with van der Waals surface area (Å²) >= 11 is 0. The van der Waals surface area contributed by atoms with Gasteiger partial charge in [0.1, 0.15) is 5.75 Å². The highest BCUT2D eigenvalue weighted by molar-refractivity contribution is 5.26. The van der Waals surface area contributed by atoms with Crippen molar-refractivity contribution >= 4 is 0 Å². The number of hydrogen-bond donors (Lipinski definition) is 0. The molecule has 1 aromatic rings. The van der Waals surface area contributed by atoms with Crippen molar-refractivity contribution in [2.75, 3.05) is 6.61 Å². The van der Waals surface area contributed by atoms with Crippen molar-refractivity contribution in [3.05, 3.63) is 29.8 Å². The molecule has 1 fully saturated rings. The maximum atomic E-state index is 6.19. The standard InChI is InChI=1S/C18H29NO2/c1-6-20-16-10-8-15(9-11-16)14-21-19-17(2,3)12-7-13-18(19,4)5/h8-11H,6-7,12-14H2,1-5H3. The number of rotatable bonds is 5. The second-order valence-corrected chi connectivity index (χ2v) is 7.12. The van der Waals surface area contributed by atoms with Crippen LogP contribution in [0.25, 0.3) is 0 Å². The lowest BCUT2D eigenvalue weighted by atomic mass is 9.82. The van der Waals surface area contributed by atoms with Crippen LogP contribution in [-0.4, -0.2) is 22.7 Å². The van der Waals surface area contributed by atoms with E-state index in [-0.39, 0.29) is 11.1 Å². The van der Waals surface area contributed by atoms with Crippen LogP contribution in [0.3, 0.4) is 0 Å². The molecule has 1 aromatic carbocycles. The summed E-state index contributed by atoms with van der Waals surface area (Å²) < 4.78 is 5.47. The average molecular weight is 291 g/mol. The fraction of sp³-hybridized carbons (Fsp3) is 0.667. The van der Waals surface area contributed by atoms with Crippen LogP contribution in [0.15, 0.2) is 24.3 Å². The first-order valence-electron chi connectivity index (χ1n) is 8.00. The molecule has 0 saturated carbocycles. The normalized spacial score (nSPS) is 21.2. The van der Waals surface area contributed by atoms with E-state index in [2.05, 4.69) is 44.9 Å². The molecule has 0 bridgehead atoms. The lowest BCUT2D eigenvalue weighted by molar-refractivity contribution is -0.288. The van der Waals surface area contributed by atoms with Gasteiger partial charge in [0.2, 0.25) is 0 Å². The number of nitrogens with zero attached hydrogens (tertiary/aromatic N) is 1. The van der Waals surface area contributed by atoms with E-state index in [0.717, 1.165) is 5.75 Å². The van der Waals surface area contributed by atoms with Gasteiger partial charge in [0.25, 0.3) is 0 Å². The second kappa shape index (κ2) is 6.37. The molecule has 0 amide bonds. The zero-order chi connectivity index (χ0) is 15.5. The summed E-state index contributed by atoms with van der Waals surface area (Å²) in [5.74, 6) is 0.917. The summed E-state index contributed by atoms with van der Waals surface area (Å²) in [5.41, 5.74) is 1.36. The molecule has 118 valence electrons. The smallest absolute Gasteiger partial charge is 0.119 e. The van der Waals surface area contributed by atoms with E-state index >= 15 is 0 Å². The highest BCUT2D eigenvalue weighted by Crippen LogP contribution is 2.38. The van der Waals surface area contributed by atoms with Crippen LogP contribution in [0.1, 0.15) is 59.4 Å². The van der Waals surface area contributed by atoms with Gasteiger partial charge < -0.3 is 4.74 Å². The fourth-order valence-corrected chi connectivity index (χ4v) is 3.31. The quantitative estimate of drug-likeness (QED) is 0.794. The Labute approximate surface area is 129 Å². The molecule has 3 heteroatoms. The number of benzene rings is 1. The lowest BCUT2D eigenvalue weighted by Crippen LogP contribution is -2.58. The van der Waals surface area contributed by atoms with Crippen LogP contribution in [0.2, 0.25) is 0 Å². The zero-order valence-corrected chi connectivity index (χ0v) is 14.1. The highest BCUT2D eigenvalue weighted by Gasteiger charge is 2.42. The summed E-state index contributed by atoms with van der Waals surface area (Å²) in [6.45, 7) is 12.4. The Kier molecular flexibility index (Phi) is 4.95. The SMILES string of the molecule is CCOc1ccc(CON2C(C)(C)CCCC2(C)C)cc1. The van der Waals surface area contributed by atoms with Gasteiger partial charge in [0, 0.05) is 11.1 Å². The topological polar surface area (TPSA) is 21.7 Å². The van der Waals surface area contributed by atoms with Crippen molar-refractivity contribution in [1.29, 1.82) is 0 Å². The molecular formula is C18H29NO2. The van der Waals surface area contributed by atoms with E-state index in [0.29, 0.717) is 13.2 Å². The maximum Gasteiger partial charge on any atom is 0.119 e. The third kappa shape index (κ3) is 3.98. The minimum absolute atomic E-state index is 0.0903. The van der Waals surface area contributed by atoms with E-state index in [1.54, 1.807) is 0 Å². The van der Waals surface area contributed by atoms with Gasteiger partial charge in [-0.05, 0) is 71.6 Å². The Hall–Kier alpha value is -1.06. The summed E-state index contributed by atoms with van der Waals surface area (Å²) in [5, 5.41) is 2.21. The molecule has 0 aliphatic carbocycles. The number of ether oxygens (including phenoxy) is 1. The number of hydroxylamine groups is 2. The van der Waals surface area contributed by atoms with Crippen molar-refractivity contribution in [1.82, 2.24) is 5.06 Å². The first-order valence-corrected chi connectivity index (χ1v) is 8.00. The van der Waals surface area contributed by atoms with Crippen LogP contribution >= 0.6 is 0 Å². The van der Waals surface area contributed by atoms with Crippen molar-refractivity contribution in [2.24, 2.45) is 0 Å². The highest BCUT2D eigenvalue weighted by atomic mass is 16.7. The molecule has 1 saturated heterocycles. The molecule has 1 aliphatic rings. The minimum atomic E-state index is 0.0903. The maximum absolute atomic E-state index is 6.19. The number of hydrogen-bond acceptors (Lipinski definition) is 3. The summed E-state index contributed by atoms with van der Waals surface area (Å²) in [6, 6.07) is 8.17. The third-order valence-electron chi connectivity index (χ3n) is 4.27. The van der Waals surface area contributed by atoms with E-state index < -0.39 is 0 Å². The van der Waals surface area contributed by atoms with Crippen molar-refractivity contribution in [3.63, 3.8) is 0 Å². The van der Waals surface area contributed by atoms with E-state index in [1.165, 1.54) is 24.8 Å². The largest absolute Gasteiger partial charge is 0.494 e. The van der Waals surface area contributed by atoms with E-state index in [4.69, 9.17) is 9.57 Å². The molecule has 0 spiro atoms. The molecule has 0 radical (unpaired) electrons. The van der Waals surface area contributed by atoms with Gasteiger partial charge in [-0.25, -0.2) is 0 Å². The van der Waals surface area contributed by atoms with Gasteiger partial charge in [-0.3, -0.25) is 4.84 Å². The molecular weight excluding hydrogens is 262 g/mol. The first kappa shape index (κ1) is 16.3. The average Bonchev–Trinajstić information content (AvgIpc) is 2.39.